The van der Waals surface area contributed by atoms with Crippen LogP contribution in [0.4, 0.5) is 16.5 Å². The van der Waals surface area contributed by atoms with Crippen LogP contribution in [0.3, 0.4) is 0 Å². The molecule has 1 aliphatic heterocycles. The zero-order chi connectivity index (χ0) is 18.6. The third-order valence-corrected chi connectivity index (χ3v) is 5.82. The summed E-state index contributed by atoms with van der Waals surface area (Å²) in [5.74, 6) is 0. The highest BCUT2D eigenvalue weighted by atomic mass is 32.1. The molecule has 3 aromatic rings. The summed E-state index contributed by atoms with van der Waals surface area (Å²) in [6, 6.07) is 14.5. The maximum Gasteiger partial charge on any atom is 0.186 e. The van der Waals surface area contributed by atoms with E-state index in [1.807, 2.05) is 24.3 Å². The lowest BCUT2D eigenvalue weighted by atomic mass is 10.1. The Hall–Kier alpha value is -2.22. The first kappa shape index (κ1) is 18.2. The molecular formula is C20H22N4OS2. The molecule has 4 rings (SSSR count). The number of nitrogens with one attached hydrogen (secondary N) is 2. The van der Waals surface area contributed by atoms with Crippen molar-refractivity contribution >= 4 is 55.4 Å². The van der Waals surface area contributed by atoms with E-state index in [0.29, 0.717) is 5.11 Å². The smallest absolute Gasteiger partial charge is 0.186 e. The lowest BCUT2D eigenvalue weighted by molar-refractivity contribution is 0.122. The van der Waals surface area contributed by atoms with Gasteiger partial charge < -0.3 is 20.3 Å². The van der Waals surface area contributed by atoms with Gasteiger partial charge in [-0.2, -0.15) is 0 Å². The van der Waals surface area contributed by atoms with Crippen LogP contribution < -0.4 is 15.5 Å². The minimum atomic E-state index is 0.580. The summed E-state index contributed by atoms with van der Waals surface area (Å²) < 4.78 is 6.57. The number of aromatic nitrogens is 1. The van der Waals surface area contributed by atoms with Crippen LogP contribution in [0.1, 0.15) is 12.5 Å². The number of ether oxygens (including phenoxy) is 1. The van der Waals surface area contributed by atoms with Crippen molar-refractivity contribution in [2.75, 3.05) is 41.8 Å². The first-order chi connectivity index (χ1) is 13.2. The van der Waals surface area contributed by atoms with Crippen molar-refractivity contribution in [2.24, 2.45) is 0 Å². The van der Waals surface area contributed by atoms with Gasteiger partial charge in [0.1, 0.15) is 0 Å². The Morgan fingerprint density at radius 3 is 2.56 bits per heavy atom. The fourth-order valence-electron chi connectivity index (χ4n) is 3.00. The van der Waals surface area contributed by atoms with Gasteiger partial charge in [-0.15, -0.1) is 0 Å². The summed E-state index contributed by atoms with van der Waals surface area (Å²) in [6.07, 6.45) is 1.03. The van der Waals surface area contributed by atoms with Gasteiger partial charge in [0.2, 0.25) is 0 Å². The number of thiocarbonyl (C=S) groups is 1. The lowest BCUT2D eigenvalue weighted by Gasteiger charge is -2.25. The van der Waals surface area contributed by atoms with E-state index in [0.717, 1.165) is 59.4 Å². The van der Waals surface area contributed by atoms with E-state index in [-0.39, 0.29) is 0 Å². The van der Waals surface area contributed by atoms with E-state index < -0.39 is 0 Å². The van der Waals surface area contributed by atoms with Crippen LogP contribution in [0, 0.1) is 0 Å². The minimum absolute atomic E-state index is 0.580. The number of morpholine rings is 1. The van der Waals surface area contributed by atoms with Gasteiger partial charge in [0.05, 0.1) is 23.4 Å². The first-order valence-electron chi connectivity index (χ1n) is 9.11. The highest BCUT2D eigenvalue weighted by Crippen LogP contribution is 2.31. The minimum Gasteiger partial charge on any atom is -0.378 e. The van der Waals surface area contributed by atoms with Crippen LogP contribution >= 0.6 is 23.6 Å². The summed E-state index contributed by atoms with van der Waals surface area (Å²) in [4.78, 5) is 7.04. The normalized spacial score (nSPS) is 14.3. The van der Waals surface area contributed by atoms with Gasteiger partial charge in [0.25, 0.3) is 0 Å². The third kappa shape index (κ3) is 4.37. The quantitative estimate of drug-likeness (QED) is 0.631. The number of benzene rings is 2. The average molecular weight is 399 g/mol. The Balaban J connectivity index is 1.44. The van der Waals surface area contributed by atoms with Crippen LogP contribution in [0.15, 0.2) is 42.5 Å². The van der Waals surface area contributed by atoms with Crippen molar-refractivity contribution < 1.29 is 4.74 Å². The first-order valence-corrected chi connectivity index (χ1v) is 10.3. The van der Waals surface area contributed by atoms with E-state index in [1.54, 1.807) is 11.3 Å². The molecule has 5 nitrogen and oxygen atoms in total. The van der Waals surface area contributed by atoms with E-state index in [4.69, 9.17) is 21.9 Å². The largest absolute Gasteiger partial charge is 0.378 e. The molecule has 0 bridgehead atoms. The van der Waals surface area contributed by atoms with Gasteiger partial charge in [-0.3, -0.25) is 0 Å². The van der Waals surface area contributed by atoms with Crippen molar-refractivity contribution in [3.05, 3.63) is 48.0 Å². The molecule has 1 fully saturated rings. The van der Waals surface area contributed by atoms with Gasteiger partial charge in [-0.25, -0.2) is 4.98 Å². The molecule has 0 saturated carbocycles. The molecule has 27 heavy (non-hydrogen) atoms. The van der Waals surface area contributed by atoms with Crippen molar-refractivity contribution in [2.45, 2.75) is 13.3 Å². The van der Waals surface area contributed by atoms with Crippen LogP contribution in [0.2, 0.25) is 0 Å². The topological polar surface area (TPSA) is 49.4 Å². The molecule has 2 heterocycles. The van der Waals surface area contributed by atoms with Crippen LogP contribution in [-0.4, -0.2) is 36.4 Å². The van der Waals surface area contributed by atoms with Gasteiger partial charge >= 0.3 is 0 Å². The third-order valence-electron chi connectivity index (χ3n) is 4.54. The zero-order valence-electron chi connectivity index (χ0n) is 15.2. The summed E-state index contributed by atoms with van der Waals surface area (Å²) in [6.45, 7) is 5.48. The standard InChI is InChI=1S/C20H22N4OS2/c1-2-14-3-5-15(6-4-14)21-19(26)22-16-7-8-17-18(13-16)27-20(23-17)24-9-11-25-12-10-24/h3-8,13H,2,9-12H2,1H3,(H2,21,22,26). The molecule has 1 aromatic heterocycles. The second-order valence-electron chi connectivity index (χ2n) is 6.41. The highest BCUT2D eigenvalue weighted by Gasteiger charge is 2.15. The summed E-state index contributed by atoms with van der Waals surface area (Å²) in [7, 11) is 0. The predicted octanol–water partition coefficient (Wildman–Crippen LogP) is 4.50. The molecule has 1 aliphatic rings. The number of anilines is 3. The van der Waals surface area contributed by atoms with E-state index in [1.165, 1.54) is 5.56 Å². The number of nitrogens with zero attached hydrogens (tertiary/aromatic N) is 2. The highest BCUT2D eigenvalue weighted by molar-refractivity contribution is 7.80. The fourth-order valence-corrected chi connectivity index (χ4v) is 4.29. The average Bonchev–Trinajstić information content (AvgIpc) is 3.12. The molecule has 0 unspecified atom stereocenters. The Labute approximate surface area is 168 Å². The summed E-state index contributed by atoms with van der Waals surface area (Å²) >= 11 is 7.16. The van der Waals surface area contributed by atoms with E-state index in [2.05, 4.69) is 40.7 Å². The number of thiazole rings is 1. The van der Waals surface area contributed by atoms with Crippen LogP contribution in [-0.2, 0) is 11.2 Å². The number of hydrogen-bond donors (Lipinski definition) is 2. The summed E-state index contributed by atoms with van der Waals surface area (Å²) in [5, 5.41) is 8.14. The molecule has 7 heteroatoms. The maximum absolute atomic E-state index is 5.45. The Kier molecular flexibility index (Phi) is 5.52. The molecule has 0 amide bonds. The van der Waals surface area contributed by atoms with Gasteiger partial charge in [0.15, 0.2) is 10.2 Å². The maximum atomic E-state index is 5.45. The molecule has 140 valence electrons. The number of rotatable bonds is 4. The Morgan fingerprint density at radius 2 is 1.81 bits per heavy atom. The SMILES string of the molecule is CCc1ccc(NC(=S)Nc2ccc3nc(N4CCOCC4)sc3c2)cc1. The molecule has 0 atom stereocenters. The molecule has 0 aliphatic carbocycles. The van der Waals surface area contributed by atoms with Gasteiger partial charge in [-0.1, -0.05) is 30.4 Å². The lowest BCUT2D eigenvalue weighted by Crippen LogP contribution is -2.36. The zero-order valence-corrected chi connectivity index (χ0v) is 16.8. The van der Waals surface area contributed by atoms with Crippen molar-refractivity contribution in [1.82, 2.24) is 4.98 Å². The molecule has 1 saturated heterocycles. The number of fused-ring (bicyclic) bond motifs is 1. The fraction of sp³-hybridized carbons (Fsp3) is 0.300. The molecule has 2 aromatic carbocycles. The van der Waals surface area contributed by atoms with Crippen molar-refractivity contribution in [1.29, 1.82) is 0 Å². The van der Waals surface area contributed by atoms with Crippen molar-refractivity contribution in [3.63, 3.8) is 0 Å². The molecule has 0 spiro atoms. The second kappa shape index (κ2) is 8.21. The van der Waals surface area contributed by atoms with Crippen LogP contribution in [0.5, 0.6) is 0 Å². The molecular weight excluding hydrogens is 376 g/mol. The number of aryl methyl sites for hydroxylation is 1. The summed E-state index contributed by atoms with van der Waals surface area (Å²) in [5.41, 5.74) is 4.27. The van der Waals surface area contributed by atoms with Crippen LogP contribution in [0.25, 0.3) is 10.2 Å². The number of hydrogen-bond acceptors (Lipinski definition) is 5. The van der Waals surface area contributed by atoms with E-state index >= 15 is 0 Å². The van der Waals surface area contributed by atoms with E-state index in [9.17, 15) is 0 Å². The molecule has 2 N–H and O–H groups in total. The molecule has 0 radical (unpaired) electrons. The Morgan fingerprint density at radius 1 is 1.11 bits per heavy atom. The van der Waals surface area contributed by atoms with Crippen molar-refractivity contribution in [3.8, 4) is 0 Å². The Bertz CT molecular complexity index is 933. The van der Waals surface area contributed by atoms with Gasteiger partial charge in [0, 0.05) is 24.5 Å². The second-order valence-corrected chi connectivity index (χ2v) is 7.83. The van der Waals surface area contributed by atoms with Gasteiger partial charge in [-0.05, 0) is 54.5 Å². The predicted molar refractivity (Wildman–Crippen MR) is 118 cm³/mol. The monoisotopic (exact) mass is 398 g/mol.